The Bertz CT molecular complexity index is 1870. The number of aliphatic hydroxyl groups is 1. The predicted octanol–water partition coefficient (Wildman–Crippen LogP) is 8.69. The van der Waals surface area contributed by atoms with Crippen LogP contribution in [0.5, 0.6) is 17.2 Å². The van der Waals surface area contributed by atoms with E-state index >= 15 is 0 Å². The number of methoxy groups -OCH3 is 1. The number of unbranched alkanes of at least 4 members (excludes halogenated alkanes) is 4. The molecule has 288 valence electrons. The van der Waals surface area contributed by atoms with Crippen LogP contribution in [0.1, 0.15) is 77.9 Å². The van der Waals surface area contributed by atoms with Crippen molar-refractivity contribution < 1.29 is 52.0 Å². The molecular formula is C40H42ClF3N2O8. The average Bonchev–Trinajstić information content (AvgIpc) is 3.13. The molecule has 1 amide bonds. The number of carbonyl (C=O) groups is 3. The van der Waals surface area contributed by atoms with E-state index in [4.69, 9.17) is 25.8 Å². The molecule has 4 aromatic carbocycles. The number of esters is 1. The van der Waals surface area contributed by atoms with E-state index in [-0.39, 0.29) is 39.9 Å². The first-order chi connectivity index (χ1) is 25.8. The molecule has 0 spiro atoms. The number of anilines is 1. The standard InChI is InChI=1S/C40H42ClF3N2O8/c1-3-4-5-6-7-20-53-30-16-10-27(11-17-30)39(51)54-31-14-8-26(9-15-31)24-46(25-37(48)49)38(50)33-19-13-29(22-35(33)41)45-36(47)21-28-12-18-32(52-2)23-34(28)40(42,43)44/h8-19,22-23,38,50H,3-7,20-21,24-25H2,1-2H3,(H,45,47)(H,48,49). The Morgan fingerprint density at radius 1 is 0.870 bits per heavy atom. The van der Waals surface area contributed by atoms with Crippen molar-refractivity contribution in [1.29, 1.82) is 0 Å². The summed E-state index contributed by atoms with van der Waals surface area (Å²) in [7, 11) is 1.24. The van der Waals surface area contributed by atoms with Gasteiger partial charge in [-0.25, -0.2) is 4.79 Å². The second-order valence-electron chi connectivity index (χ2n) is 12.5. The molecule has 54 heavy (non-hydrogen) atoms. The number of halogens is 4. The second kappa shape index (κ2) is 19.8. The van der Waals surface area contributed by atoms with Gasteiger partial charge in [0.1, 0.15) is 23.5 Å². The van der Waals surface area contributed by atoms with Crippen molar-refractivity contribution in [3.63, 3.8) is 0 Å². The molecule has 0 heterocycles. The Labute approximate surface area is 316 Å². The van der Waals surface area contributed by atoms with E-state index in [9.17, 15) is 37.8 Å². The van der Waals surface area contributed by atoms with Gasteiger partial charge in [-0.2, -0.15) is 13.2 Å². The third-order valence-electron chi connectivity index (χ3n) is 8.35. The molecule has 4 aromatic rings. The van der Waals surface area contributed by atoms with Crippen LogP contribution in [0.15, 0.2) is 84.9 Å². The summed E-state index contributed by atoms with van der Waals surface area (Å²) >= 11 is 6.44. The largest absolute Gasteiger partial charge is 0.497 e. The van der Waals surface area contributed by atoms with Crippen LogP contribution in [-0.2, 0) is 28.7 Å². The highest BCUT2D eigenvalue weighted by Crippen LogP contribution is 2.35. The van der Waals surface area contributed by atoms with E-state index < -0.39 is 48.8 Å². The first-order valence-electron chi connectivity index (χ1n) is 17.3. The van der Waals surface area contributed by atoms with E-state index in [1.165, 1.54) is 55.5 Å². The summed E-state index contributed by atoms with van der Waals surface area (Å²) in [6.07, 6.45) is -1.17. The normalized spacial score (nSPS) is 11.9. The summed E-state index contributed by atoms with van der Waals surface area (Å²) in [5.74, 6) is -1.63. The van der Waals surface area contributed by atoms with Crippen molar-refractivity contribution in [3.8, 4) is 17.2 Å². The first-order valence-corrected chi connectivity index (χ1v) is 17.7. The van der Waals surface area contributed by atoms with E-state index in [2.05, 4.69) is 12.2 Å². The zero-order valence-corrected chi connectivity index (χ0v) is 30.6. The molecule has 10 nitrogen and oxygen atoms in total. The van der Waals surface area contributed by atoms with Gasteiger partial charge in [-0.3, -0.25) is 14.5 Å². The maximum absolute atomic E-state index is 13.6. The number of benzene rings is 4. The third kappa shape index (κ3) is 12.5. The quantitative estimate of drug-likeness (QED) is 0.0371. The predicted molar refractivity (Wildman–Crippen MR) is 197 cm³/mol. The van der Waals surface area contributed by atoms with E-state index in [1.807, 2.05) is 0 Å². The molecule has 0 aliphatic carbocycles. The molecule has 14 heteroatoms. The Morgan fingerprint density at radius 3 is 2.17 bits per heavy atom. The van der Waals surface area contributed by atoms with Crippen LogP contribution >= 0.6 is 11.6 Å². The number of nitrogens with one attached hydrogen (secondary N) is 1. The van der Waals surface area contributed by atoms with E-state index in [1.54, 1.807) is 48.5 Å². The summed E-state index contributed by atoms with van der Waals surface area (Å²) in [5, 5.41) is 23.2. The lowest BCUT2D eigenvalue weighted by Crippen LogP contribution is -2.33. The fraction of sp³-hybridized carbons (Fsp3) is 0.325. The van der Waals surface area contributed by atoms with Crippen molar-refractivity contribution in [1.82, 2.24) is 4.90 Å². The summed E-state index contributed by atoms with van der Waals surface area (Å²) in [6, 6.07) is 20.4. The minimum atomic E-state index is -4.71. The Morgan fingerprint density at radius 2 is 1.54 bits per heavy atom. The number of alkyl halides is 3. The van der Waals surface area contributed by atoms with Gasteiger partial charge in [-0.05, 0) is 78.2 Å². The van der Waals surface area contributed by atoms with E-state index in [0.29, 0.717) is 23.5 Å². The number of hydrogen-bond acceptors (Lipinski definition) is 8. The Kier molecular flexibility index (Phi) is 15.3. The fourth-order valence-corrected chi connectivity index (χ4v) is 5.82. The van der Waals surface area contributed by atoms with Gasteiger partial charge in [0.15, 0.2) is 0 Å². The molecule has 1 unspecified atom stereocenters. The van der Waals surface area contributed by atoms with Crippen LogP contribution in [0, 0.1) is 0 Å². The van der Waals surface area contributed by atoms with Crippen LogP contribution in [0.3, 0.4) is 0 Å². The van der Waals surface area contributed by atoms with Gasteiger partial charge >= 0.3 is 18.1 Å². The summed E-state index contributed by atoms with van der Waals surface area (Å²) in [5.41, 5.74) is -0.0649. The van der Waals surface area contributed by atoms with Crippen molar-refractivity contribution in [3.05, 3.63) is 118 Å². The van der Waals surface area contributed by atoms with Crippen LogP contribution in [-0.4, -0.2) is 53.2 Å². The minimum Gasteiger partial charge on any atom is -0.497 e. The lowest BCUT2D eigenvalue weighted by atomic mass is 10.0. The summed E-state index contributed by atoms with van der Waals surface area (Å²) in [4.78, 5) is 38.4. The van der Waals surface area contributed by atoms with Gasteiger partial charge in [0.25, 0.3) is 0 Å². The van der Waals surface area contributed by atoms with Gasteiger partial charge in [0.2, 0.25) is 5.91 Å². The van der Waals surface area contributed by atoms with Gasteiger partial charge in [0.05, 0.1) is 37.8 Å². The smallest absolute Gasteiger partial charge is 0.416 e. The number of carbonyl (C=O) groups excluding carboxylic acids is 2. The van der Waals surface area contributed by atoms with Crippen molar-refractivity contribution in [2.75, 3.05) is 25.6 Å². The number of rotatable bonds is 19. The molecule has 0 radical (unpaired) electrons. The zero-order valence-electron chi connectivity index (χ0n) is 29.8. The monoisotopic (exact) mass is 770 g/mol. The Balaban J connectivity index is 1.35. The molecular weight excluding hydrogens is 729 g/mol. The third-order valence-corrected chi connectivity index (χ3v) is 8.67. The van der Waals surface area contributed by atoms with Crippen LogP contribution in [0.4, 0.5) is 18.9 Å². The topological polar surface area (TPSA) is 135 Å². The van der Waals surface area contributed by atoms with Gasteiger partial charge in [-0.1, -0.05) is 68.5 Å². The number of aliphatic carboxylic acids is 1. The Hall–Kier alpha value is -5.11. The molecule has 0 saturated heterocycles. The van der Waals surface area contributed by atoms with Crippen LogP contribution < -0.4 is 19.5 Å². The molecule has 4 rings (SSSR count). The zero-order chi connectivity index (χ0) is 39.3. The highest BCUT2D eigenvalue weighted by atomic mass is 35.5. The van der Waals surface area contributed by atoms with Crippen molar-refractivity contribution >= 4 is 35.1 Å². The highest BCUT2D eigenvalue weighted by molar-refractivity contribution is 6.31. The number of carboxylic acids is 1. The number of amides is 1. The van der Waals surface area contributed by atoms with Crippen molar-refractivity contribution in [2.45, 2.75) is 64.4 Å². The molecule has 0 aliphatic rings. The van der Waals surface area contributed by atoms with Gasteiger partial charge in [0, 0.05) is 22.8 Å². The summed E-state index contributed by atoms with van der Waals surface area (Å²) < 4.78 is 56.9. The molecule has 0 aliphatic heterocycles. The number of aliphatic hydroxyl groups excluding tert-OH is 1. The molecule has 1 atom stereocenters. The fourth-order valence-electron chi connectivity index (χ4n) is 5.54. The van der Waals surface area contributed by atoms with Gasteiger partial charge in [-0.15, -0.1) is 0 Å². The molecule has 0 aromatic heterocycles. The number of nitrogens with zero attached hydrogens (tertiary/aromatic N) is 1. The lowest BCUT2D eigenvalue weighted by molar-refractivity contribution is -0.142. The molecule has 0 saturated carbocycles. The maximum atomic E-state index is 13.6. The summed E-state index contributed by atoms with van der Waals surface area (Å²) in [6.45, 7) is 2.15. The first kappa shape index (κ1) is 41.6. The minimum absolute atomic E-state index is 0.00541. The number of carboxylic acid groups (broad SMARTS) is 1. The SMILES string of the molecule is CCCCCCCOc1ccc(C(=O)Oc2ccc(CN(CC(=O)O)C(O)c3ccc(NC(=O)Cc4ccc(OC)cc4C(F)(F)F)cc3Cl)cc2)cc1. The van der Waals surface area contributed by atoms with Crippen LogP contribution in [0.2, 0.25) is 5.02 Å². The maximum Gasteiger partial charge on any atom is 0.416 e. The highest BCUT2D eigenvalue weighted by Gasteiger charge is 2.34. The van der Waals surface area contributed by atoms with Crippen LogP contribution in [0.25, 0.3) is 0 Å². The number of hydrogen-bond donors (Lipinski definition) is 3. The average molecular weight is 771 g/mol. The van der Waals surface area contributed by atoms with E-state index in [0.717, 1.165) is 25.0 Å². The molecule has 0 fully saturated rings. The van der Waals surface area contributed by atoms with Gasteiger partial charge < -0.3 is 29.7 Å². The second-order valence-corrected chi connectivity index (χ2v) is 12.9. The molecule has 3 N–H and O–H groups in total. The van der Waals surface area contributed by atoms with Crippen molar-refractivity contribution in [2.24, 2.45) is 0 Å². The molecule has 0 bridgehead atoms. The number of ether oxygens (including phenoxy) is 3. The lowest BCUT2D eigenvalue weighted by Gasteiger charge is -2.27.